The van der Waals surface area contributed by atoms with Gasteiger partial charge in [0.25, 0.3) is 5.56 Å². The number of benzene rings is 1. The Labute approximate surface area is 125 Å². The SMILES string of the molecule is NCCn1ncc2c(=O)n(Cc3ccccc3Cl)cnc21. The van der Waals surface area contributed by atoms with Gasteiger partial charge in [0.2, 0.25) is 0 Å². The van der Waals surface area contributed by atoms with Crippen LogP contribution in [-0.2, 0) is 13.1 Å². The van der Waals surface area contributed by atoms with Crippen molar-refractivity contribution in [3.8, 4) is 0 Å². The van der Waals surface area contributed by atoms with Crippen molar-refractivity contribution in [1.82, 2.24) is 19.3 Å². The van der Waals surface area contributed by atoms with Crippen molar-refractivity contribution in [2.75, 3.05) is 6.54 Å². The van der Waals surface area contributed by atoms with E-state index in [9.17, 15) is 4.79 Å². The first-order chi connectivity index (χ1) is 10.2. The molecule has 0 fully saturated rings. The van der Waals surface area contributed by atoms with E-state index in [4.69, 9.17) is 17.3 Å². The fourth-order valence-electron chi connectivity index (χ4n) is 2.21. The molecule has 3 aromatic rings. The van der Waals surface area contributed by atoms with Crippen LogP contribution in [0.5, 0.6) is 0 Å². The minimum absolute atomic E-state index is 0.136. The van der Waals surface area contributed by atoms with Gasteiger partial charge < -0.3 is 5.73 Å². The van der Waals surface area contributed by atoms with Crippen LogP contribution >= 0.6 is 11.6 Å². The molecule has 6 nitrogen and oxygen atoms in total. The molecule has 2 N–H and O–H groups in total. The molecule has 0 saturated heterocycles. The van der Waals surface area contributed by atoms with Crippen LogP contribution in [0.2, 0.25) is 5.02 Å². The van der Waals surface area contributed by atoms with E-state index >= 15 is 0 Å². The van der Waals surface area contributed by atoms with Crippen LogP contribution < -0.4 is 11.3 Å². The molecule has 0 bridgehead atoms. The Kier molecular flexibility index (Phi) is 3.72. The molecule has 0 amide bonds. The molecule has 2 aromatic heterocycles. The van der Waals surface area contributed by atoms with Gasteiger partial charge in [0.15, 0.2) is 5.65 Å². The molecule has 21 heavy (non-hydrogen) atoms. The van der Waals surface area contributed by atoms with Crippen molar-refractivity contribution in [3.05, 3.63) is 57.7 Å². The lowest BCUT2D eigenvalue weighted by atomic mass is 10.2. The van der Waals surface area contributed by atoms with Crippen molar-refractivity contribution in [3.63, 3.8) is 0 Å². The highest BCUT2D eigenvalue weighted by Crippen LogP contribution is 2.15. The van der Waals surface area contributed by atoms with Gasteiger partial charge in [-0.25, -0.2) is 9.67 Å². The van der Waals surface area contributed by atoms with Gasteiger partial charge in [-0.3, -0.25) is 9.36 Å². The summed E-state index contributed by atoms with van der Waals surface area (Å²) in [6.07, 6.45) is 3.05. The zero-order valence-electron chi connectivity index (χ0n) is 11.2. The number of hydrogen-bond donors (Lipinski definition) is 1. The van der Waals surface area contributed by atoms with Gasteiger partial charge in [-0.1, -0.05) is 29.8 Å². The topological polar surface area (TPSA) is 78.7 Å². The molecule has 1 aromatic carbocycles. The van der Waals surface area contributed by atoms with Crippen molar-refractivity contribution in [2.45, 2.75) is 13.1 Å². The van der Waals surface area contributed by atoms with E-state index in [1.165, 1.54) is 17.1 Å². The maximum atomic E-state index is 12.5. The number of halogens is 1. The van der Waals surface area contributed by atoms with E-state index in [2.05, 4.69) is 10.1 Å². The number of fused-ring (bicyclic) bond motifs is 1. The molecule has 0 saturated carbocycles. The second kappa shape index (κ2) is 5.67. The Morgan fingerprint density at radius 2 is 2.10 bits per heavy atom. The predicted molar refractivity (Wildman–Crippen MR) is 81.4 cm³/mol. The lowest BCUT2D eigenvalue weighted by Crippen LogP contribution is -2.21. The molecular formula is C14H14ClN5O. The Morgan fingerprint density at radius 3 is 2.86 bits per heavy atom. The summed E-state index contributed by atoms with van der Waals surface area (Å²) < 4.78 is 3.16. The lowest BCUT2D eigenvalue weighted by Gasteiger charge is -2.07. The maximum Gasteiger partial charge on any atom is 0.264 e. The van der Waals surface area contributed by atoms with Crippen molar-refractivity contribution in [1.29, 1.82) is 0 Å². The van der Waals surface area contributed by atoms with Gasteiger partial charge in [0.05, 0.1) is 19.3 Å². The van der Waals surface area contributed by atoms with Crippen LogP contribution in [0.1, 0.15) is 5.56 Å². The minimum atomic E-state index is -0.136. The first kappa shape index (κ1) is 13.8. The highest BCUT2D eigenvalue weighted by atomic mass is 35.5. The maximum absolute atomic E-state index is 12.5. The number of nitrogens with two attached hydrogens (primary N) is 1. The summed E-state index contributed by atoms with van der Waals surface area (Å²) in [5.74, 6) is 0. The van der Waals surface area contributed by atoms with Crippen molar-refractivity contribution < 1.29 is 0 Å². The Balaban J connectivity index is 2.03. The summed E-state index contributed by atoms with van der Waals surface area (Å²) >= 11 is 6.12. The normalized spacial score (nSPS) is 11.1. The van der Waals surface area contributed by atoms with Gasteiger partial charge >= 0.3 is 0 Å². The summed E-state index contributed by atoms with van der Waals surface area (Å²) in [4.78, 5) is 16.8. The molecule has 0 unspecified atom stereocenters. The summed E-state index contributed by atoms with van der Waals surface area (Å²) in [7, 11) is 0. The van der Waals surface area contributed by atoms with E-state index in [0.717, 1.165) is 5.56 Å². The molecular weight excluding hydrogens is 290 g/mol. The van der Waals surface area contributed by atoms with Crippen LogP contribution in [0.3, 0.4) is 0 Å². The molecule has 0 aliphatic carbocycles. The van der Waals surface area contributed by atoms with E-state index < -0.39 is 0 Å². The monoisotopic (exact) mass is 303 g/mol. The number of nitrogens with zero attached hydrogens (tertiary/aromatic N) is 4. The molecule has 2 heterocycles. The van der Waals surface area contributed by atoms with Crippen LogP contribution in [0.15, 0.2) is 41.6 Å². The standard InChI is InChI=1S/C14H14ClN5O/c15-12-4-2-1-3-10(12)8-19-9-17-13-11(14(19)21)7-18-20(13)6-5-16/h1-4,7,9H,5-6,8,16H2. The van der Waals surface area contributed by atoms with Gasteiger partial charge in [-0.15, -0.1) is 0 Å². The quantitative estimate of drug-likeness (QED) is 0.787. The summed E-state index contributed by atoms with van der Waals surface area (Å²) in [5.41, 5.74) is 6.80. The zero-order chi connectivity index (χ0) is 14.8. The summed E-state index contributed by atoms with van der Waals surface area (Å²) in [6.45, 7) is 1.36. The zero-order valence-corrected chi connectivity index (χ0v) is 12.0. The van der Waals surface area contributed by atoms with Gasteiger partial charge in [0, 0.05) is 11.6 Å². The van der Waals surface area contributed by atoms with Gasteiger partial charge in [-0.05, 0) is 11.6 Å². The number of hydrogen-bond acceptors (Lipinski definition) is 4. The molecule has 0 radical (unpaired) electrons. The third kappa shape index (κ3) is 2.55. The van der Waals surface area contributed by atoms with Crippen LogP contribution in [-0.4, -0.2) is 25.9 Å². The van der Waals surface area contributed by atoms with E-state index in [-0.39, 0.29) is 5.56 Å². The van der Waals surface area contributed by atoms with Crippen LogP contribution in [0.4, 0.5) is 0 Å². The Hall–Kier alpha value is -2.18. The third-order valence-corrected chi connectivity index (χ3v) is 3.63. The van der Waals surface area contributed by atoms with Crippen molar-refractivity contribution in [2.24, 2.45) is 5.73 Å². The third-order valence-electron chi connectivity index (χ3n) is 3.26. The summed E-state index contributed by atoms with van der Waals surface area (Å²) in [6, 6.07) is 7.42. The van der Waals surface area contributed by atoms with Gasteiger partial charge in [-0.2, -0.15) is 5.10 Å². The second-order valence-corrected chi connectivity index (χ2v) is 5.07. The lowest BCUT2D eigenvalue weighted by molar-refractivity contribution is 0.637. The summed E-state index contributed by atoms with van der Waals surface area (Å²) in [5, 5.41) is 5.26. The first-order valence-electron chi connectivity index (χ1n) is 6.55. The molecule has 0 atom stereocenters. The molecule has 7 heteroatoms. The van der Waals surface area contributed by atoms with Crippen LogP contribution in [0, 0.1) is 0 Å². The second-order valence-electron chi connectivity index (χ2n) is 4.66. The largest absolute Gasteiger partial charge is 0.329 e. The fraction of sp³-hybridized carbons (Fsp3) is 0.214. The molecule has 108 valence electrons. The average Bonchev–Trinajstić information content (AvgIpc) is 2.89. The van der Waals surface area contributed by atoms with E-state index in [1.54, 1.807) is 10.7 Å². The fourth-order valence-corrected chi connectivity index (χ4v) is 2.40. The predicted octanol–water partition coefficient (Wildman–Crippen LogP) is 1.25. The number of aromatic nitrogens is 4. The van der Waals surface area contributed by atoms with E-state index in [1.807, 2.05) is 18.2 Å². The Morgan fingerprint density at radius 1 is 1.29 bits per heavy atom. The minimum Gasteiger partial charge on any atom is -0.329 e. The highest BCUT2D eigenvalue weighted by Gasteiger charge is 2.10. The molecule has 0 aliphatic heterocycles. The smallest absolute Gasteiger partial charge is 0.264 e. The average molecular weight is 304 g/mol. The highest BCUT2D eigenvalue weighted by molar-refractivity contribution is 6.31. The van der Waals surface area contributed by atoms with Crippen LogP contribution in [0.25, 0.3) is 11.0 Å². The first-order valence-corrected chi connectivity index (χ1v) is 6.93. The Bertz CT molecular complexity index is 839. The van der Waals surface area contributed by atoms with E-state index in [0.29, 0.717) is 35.7 Å². The van der Waals surface area contributed by atoms with Crippen molar-refractivity contribution >= 4 is 22.6 Å². The molecule has 0 aliphatic rings. The molecule has 0 spiro atoms. The molecule has 3 rings (SSSR count). The van der Waals surface area contributed by atoms with Gasteiger partial charge in [0.1, 0.15) is 11.7 Å². The number of rotatable bonds is 4.